The van der Waals surface area contributed by atoms with Crippen LogP contribution in [0.25, 0.3) is 11.0 Å². The summed E-state index contributed by atoms with van der Waals surface area (Å²) >= 11 is 0. The van der Waals surface area contributed by atoms with Crippen molar-refractivity contribution in [1.29, 1.82) is 0 Å². The van der Waals surface area contributed by atoms with Gasteiger partial charge in [-0.3, -0.25) is 0 Å². The van der Waals surface area contributed by atoms with Crippen molar-refractivity contribution in [3.8, 4) is 17.2 Å². The van der Waals surface area contributed by atoms with Crippen LogP contribution in [0.1, 0.15) is 5.56 Å². The molecule has 1 saturated heterocycles. The molecule has 2 aromatic carbocycles. The maximum absolute atomic E-state index is 12.3. The predicted octanol–water partition coefficient (Wildman–Crippen LogP) is 0.256. The zero-order valence-corrected chi connectivity index (χ0v) is 16.7. The Morgan fingerprint density at radius 2 is 1.72 bits per heavy atom. The van der Waals surface area contributed by atoms with Gasteiger partial charge >= 0.3 is 5.63 Å². The molecular weight excluding hydrogens is 424 g/mol. The Hall–Kier alpha value is -3.15. The van der Waals surface area contributed by atoms with E-state index in [-0.39, 0.29) is 29.1 Å². The Morgan fingerprint density at radius 3 is 2.44 bits per heavy atom. The highest BCUT2D eigenvalue weighted by Crippen LogP contribution is 2.34. The maximum Gasteiger partial charge on any atom is 0.383 e. The van der Waals surface area contributed by atoms with Crippen LogP contribution in [0, 0.1) is 0 Å². The van der Waals surface area contributed by atoms with E-state index in [1.165, 1.54) is 18.2 Å². The lowest BCUT2D eigenvalue weighted by atomic mass is 9.99. The second-order valence-corrected chi connectivity index (χ2v) is 7.31. The van der Waals surface area contributed by atoms with E-state index in [0.717, 1.165) is 5.56 Å². The molecule has 170 valence electrons. The van der Waals surface area contributed by atoms with Crippen LogP contribution in [-0.2, 0) is 11.3 Å². The van der Waals surface area contributed by atoms with Gasteiger partial charge in [-0.2, -0.15) is 0 Å². The molecule has 0 bridgehead atoms. The minimum absolute atomic E-state index is 0.0124. The van der Waals surface area contributed by atoms with Crippen LogP contribution in [0.2, 0.25) is 0 Å². The Labute approximate surface area is 181 Å². The number of fused-ring (bicyclic) bond motifs is 1. The first-order chi connectivity index (χ1) is 15.4. The summed E-state index contributed by atoms with van der Waals surface area (Å²) in [6.45, 7) is -0.542. The first-order valence-electron chi connectivity index (χ1n) is 9.82. The second kappa shape index (κ2) is 9.15. The number of rotatable bonds is 6. The van der Waals surface area contributed by atoms with Gasteiger partial charge in [-0.05, 0) is 17.7 Å². The summed E-state index contributed by atoms with van der Waals surface area (Å²) in [6.07, 6.45) is -7.26. The Kier molecular flexibility index (Phi) is 6.31. The van der Waals surface area contributed by atoms with Gasteiger partial charge in [0.1, 0.15) is 42.4 Å². The van der Waals surface area contributed by atoms with Crippen molar-refractivity contribution in [2.45, 2.75) is 37.3 Å². The highest BCUT2D eigenvalue weighted by molar-refractivity contribution is 5.86. The highest BCUT2D eigenvalue weighted by atomic mass is 16.7. The van der Waals surface area contributed by atoms with E-state index in [4.69, 9.17) is 18.6 Å². The molecule has 1 aliphatic heterocycles. The predicted molar refractivity (Wildman–Crippen MR) is 109 cm³/mol. The van der Waals surface area contributed by atoms with Gasteiger partial charge in [-0.25, -0.2) is 4.79 Å². The first kappa shape index (κ1) is 22.1. The second-order valence-electron chi connectivity index (χ2n) is 7.31. The number of aliphatic hydroxyl groups excluding tert-OH is 4. The van der Waals surface area contributed by atoms with E-state index in [1.807, 2.05) is 30.3 Å². The van der Waals surface area contributed by atoms with Crippen LogP contribution >= 0.6 is 0 Å². The molecule has 3 aromatic rings. The highest BCUT2D eigenvalue weighted by Gasteiger charge is 2.44. The summed E-state index contributed by atoms with van der Waals surface area (Å²) in [6, 6.07) is 13.2. The zero-order valence-electron chi connectivity index (χ0n) is 16.7. The first-order valence-corrected chi connectivity index (χ1v) is 9.82. The molecule has 1 fully saturated rings. The lowest BCUT2D eigenvalue weighted by Gasteiger charge is -2.39. The molecule has 10 nitrogen and oxygen atoms in total. The average molecular weight is 446 g/mol. The summed E-state index contributed by atoms with van der Waals surface area (Å²) in [5, 5.41) is 49.8. The fourth-order valence-corrected chi connectivity index (χ4v) is 3.38. The average Bonchev–Trinajstić information content (AvgIpc) is 2.79. The van der Waals surface area contributed by atoms with Crippen LogP contribution < -0.4 is 15.1 Å². The van der Waals surface area contributed by atoms with Crippen LogP contribution in [0.3, 0.4) is 0 Å². The van der Waals surface area contributed by atoms with Crippen LogP contribution in [-0.4, -0.2) is 62.8 Å². The van der Waals surface area contributed by atoms with Gasteiger partial charge in [-0.15, -0.1) is 0 Å². The van der Waals surface area contributed by atoms with Gasteiger partial charge in [0.25, 0.3) is 0 Å². The molecule has 4 rings (SSSR count). The van der Waals surface area contributed by atoms with Gasteiger partial charge < -0.3 is 44.2 Å². The molecule has 5 atom stereocenters. The molecule has 1 aliphatic rings. The largest absolute Gasteiger partial charge is 0.504 e. The summed E-state index contributed by atoms with van der Waals surface area (Å²) in [5.74, 6) is -0.641. The number of ether oxygens (including phenoxy) is 3. The molecule has 0 radical (unpaired) electrons. The SMILES string of the molecule is O=c1oc2cc(O[C@@H]3O[C@H](CO)[C@@H](O)[C@H](O)[C@@H]3O)ccc2c(O)c1OCc1ccccc1. The number of aliphatic hydroxyl groups is 4. The minimum atomic E-state index is -1.60. The fraction of sp³-hybridized carbons (Fsp3) is 0.318. The molecule has 0 spiro atoms. The maximum atomic E-state index is 12.3. The van der Waals surface area contributed by atoms with E-state index >= 15 is 0 Å². The number of hydrogen-bond acceptors (Lipinski definition) is 10. The van der Waals surface area contributed by atoms with Crippen LogP contribution in [0.4, 0.5) is 0 Å². The van der Waals surface area contributed by atoms with Crippen LogP contribution in [0.5, 0.6) is 17.2 Å². The van der Waals surface area contributed by atoms with Crippen molar-refractivity contribution in [2.24, 2.45) is 0 Å². The van der Waals surface area contributed by atoms with Crippen molar-refractivity contribution in [2.75, 3.05) is 6.61 Å². The number of benzene rings is 2. The molecule has 0 aliphatic carbocycles. The molecule has 10 heteroatoms. The van der Waals surface area contributed by atoms with Gasteiger partial charge in [0, 0.05) is 6.07 Å². The van der Waals surface area contributed by atoms with Gasteiger partial charge in [0.15, 0.2) is 5.75 Å². The third-order valence-corrected chi connectivity index (χ3v) is 5.14. The Balaban J connectivity index is 1.56. The lowest BCUT2D eigenvalue weighted by molar-refractivity contribution is -0.277. The van der Waals surface area contributed by atoms with Crippen molar-refractivity contribution >= 4 is 11.0 Å². The smallest absolute Gasteiger partial charge is 0.383 e. The summed E-state index contributed by atoms with van der Waals surface area (Å²) in [7, 11) is 0. The van der Waals surface area contributed by atoms with Crippen molar-refractivity contribution in [3.63, 3.8) is 0 Å². The summed E-state index contributed by atoms with van der Waals surface area (Å²) in [4.78, 5) is 12.3. The van der Waals surface area contributed by atoms with E-state index in [9.17, 15) is 30.3 Å². The molecule has 0 saturated carbocycles. The minimum Gasteiger partial charge on any atom is -0.504 e. The molecule has 5 N–H and O–H groups in total. The number of aromatic hydroxyl groups is 1. The van der Waals surface area contributed by atoms with Gasteiger partial charge in [0.05, 0.1) is 12.0 Å². The molecule has 0 unspecified atom stereocenters. The standard InChI is InChI=1S/C22H22O10/c23-9-15-17(25)18(26)19(27)22(32-15)30-12-6-7-13-14(8-12)31-21(28)20(16(13)24)29-10-11-4-2-1-3-5-11/h1-8,15,17-19,22-27H,9-10H2/t15-,17-,18+,19+,22-/m1/s1. The normalized spacial score (nSPS) is 25.6. The van der Waals surface area contributed by atoms with Crippen molar-refractivity contribution < 1.29 is 44.2 Å². The van der Waals surface area contributed by atoms with E-state index in [2.05, 4.69) is 0 Å². The fourth-order valence-electron chi connectivity index (χ4n) is 3.38. The molecule has 1 aromatic heterocycles. The summed E-state index contributed by atoms with van der Waals surface area (Å²) in [5.41, 5.74) is -0.104. The van der Waals surface area contributed by atoms with Crippen molar-refractivity contribution in [1.82, 2.24) is 0 Å². The Morgan fingerprint density at radius 1 is 0.969 bits per heavy atom. The Bertz CT molecular complexity index is 1130. The van der Waals surface area contributed by atoms with Gasteiger partial charge in [-0.1, -0.05) is 30.3 Å². The molecular formula is C22H22O10. The van der Waals surface area contributed by atoms with Crippen molar-refractivity contribution in [3.05, 3.63) is 64.5 Å². The topological polar surface area (TPSA) is 159 Å². The quantitative estimate of drug-likeness (QED) is 0.332. The van der Waals surface area contributed by atoms with E-state index < -0.39 is 48.7 Å². The zero-order chi connectivity index (χ0) is 22.8. The van der Waals surface area contributed by atoms with E-state index in [1.54, 1.807) is 0 Å². The number of hydrogen-bond donors (Lipinski definition) is 5. The monoisotopic (exact) mass is 446 g/mol. The third kappa shape index (κ3) is 4.27. The molecule has 2 heterocycles. The summed E-state index contributed by atoms with van der Waals surface area (Å²) < 4.78 is 21.5. The van der Waals surface area contributed by atoms with Gasteiger partial charge in [0.2, 0.25) is 12.0 Å². The molecule has 32 heavy (non-hydrogen) atoms. The molecule has 0 amide bonds. The lowest BCUT2D eigenvalue weighted by Crippen LogP contribution is -2.60. The third-order valence-electron chi connectivity index (χ3n) is 5.14. The van der Waals surface area contributed by atoms with E-state index in [0.29, 0.717) is 0 Å². The van der Waals surface area contributed by atoms with Crippen LogP contribution in [0.15, 0.2) is 57.7 Å².